The van der Waals surface area contributed by atoms with Crippen molar-refractivity contribution in [2.24, 2.45) is 11.7 Å². The van der Waals surface area contributed by atoms with Crippen molar-refractivity contribution in [3.8, 4) is 5.75 Å². The first-order valence-electron chi connectivity index (χ1n) is 8.70. The fourth-order valence-corrected chi connectivity index (χ4v) is 3.53. The summed E-state index contributed by atoms with van der Waals surface area (Å²) in [6, 6.07) is 8.50. The first-order valence-corrected chi connectivity index (χ1v) is 8.70. The zero-order valence-corrected chi connectivity index (χ0v) is 13.7. The van der Waals surface area contributed by atoms with Gasteiger partial charge in [-0.1, -0.05) is 51.7 Å². The van der Waals surface area contributed by atoms with E-state index in [0.29, 0.717) is 0 Å². The summed E-state index contributed by atoms with van der Waals surface area (Å²) in [6.07, 6.45) is 9.82. The van der Waals surface area contributed by atoms with E-state index in [4.69, 9.17) is 10.5 Å². The molecule has 0 bridgehead atoms. The third-order valence-electron chi connectivity index (χ3n) is 4.83. The fraction of sp³-hybridized carbons (Fsp3) is 0.684. The molecule has 1 fully saturated rings. The van der Waals surface area contributed by atoms with Crippen LogP contribution in [0.5, 0.6) is 5.75 Å². The number of benzene rings is 1. The number of ether oxygens (including phenoxy) is 1. The maximum absolute atomic E-state index is 6.75. The van der Waals surface area contributed by atoms with Crippen molar-refractivity contribution in [3.05, 3.63) is 29.8 Å². The van der Waals surface area contributed by atoms with Gasteiger partial charge in [0.15, 0.2) is 0 Å². The Bertz CT molecular complexity index is 414. The molecule has 21 heavy (non-hydrogen) atoms. The van der Waals surface area contributed by atoms with Gasteiger partial charge >= 0.3 is 0 Å². The summed E-state index contributed by atoms with van der Waals surface area (Å²) >= 11 is 0. The van der Waals surface area contributed by atoms with Gasteiger partial charge in [-0.2, -0.15) is 0 Å². The highest BCUT2D eigenvalue weighted by Gasteiger charge is 2.30. The van der Waals surface area contributed by atoms with Crippen LogP contribution in [0.3, 0.4) is 0 Å². The van der Waals surface area contributed by atoms with Crippen LogP contribution in [0.15, 0.2) is 24.3 Å². The third kappa shape index (κ3) is 4.47. The molecule has 2 heteroatoms. The van der Waals surface area contributed by atoms with Gasteiger partial charge in [0.05, 0.1) is 6.61 Å². The Kier molecular flexibility index (Phi) is 6.10. The summed E-state index contributed by atoms with van der Waals surface area (Å²) < 4.78 is 5.66. The highest BCUT2D eigenvalue weighted by Crippen LogP contribution is 2.37. The second kappa shape index (κ2) is 7.84. The highest BCUT2D eigenvalue weighted by molar-refractivity contribution is 5.32. The van der Waals surface area contributed by atoms with E-state index < -0.39 is 0 Å². The average molecular weight is 289 g/mol. The van der Waals surface area contributed by atoms with Gasteiger partial charge in [0, 0.05) is 5.54 Å². The quantitative estimate of drug-likeness (QED) is 0.747. The van der Waals surface area contributed by atoms with E-state index in [9.17, 15) is 0 Å². The van der Waals surface area contributed by atoms with Crippen LogP contribution >= 0.6 is 0 Å². The Morgan fingerprint density at radius 1 is 1.10 bits per heavy atom. The molecule has 2 unspecified atom stereocenters. The number of nitrogens with two attached hydrogens (primary N) is 1. The number of hydrogen-bond donors (Lipinski definition) is 1. The van der Waals surface area contributed by atoms with Gasteiger partial charge in [-0.25, -0.2) is 0 Å². The van der Waals surface area contributed by atoms with Crippen molar-refractivity contribution in [1.82, 2.24) is 0 Å². The monoisotopic (exact) mass is 289 g/mol. The van der Waals surface area contributed by atoms with Gasteiger partial charge in [-0.15, -0.1) is 0 Å². The summed E-state index contributed by atoms with van der Waals surface area (Å²) in [6.45, 7) is 5.20. The highest BCUT2D eigenvalue weighted by atomic mass is 16.5. The molecule has 118 valence electrons. The van der Waals surface area contributed by atoms with Crippen molar-refractivity contribution in [2.75, 3.05) is 6.61 Å². The molecule has 0 aromatic heterocycles. The Balaban J connectivity index is 2.01. The predicted molar refractivity (Wildman–Crippen MR) is 89.6 cm³/mol. The molecule has 0 heterocycles. The number of rotatable bonds is 6. The van der Waals surface area contributed by atoms with Gasteiger partial charge in [-0.05, 0) is 49.3 Å². The zero-order chi connectivity index (χ0) is 15.1. The molecule has 1 aromatic carbocycles. The fourth-order valence-electron chi connectivity index (χ4n) is 3.53. The van der Waals surface area contributed by atoms with Crippen molar-refractivity contribution < 1.29 is 4.74 Å². The molecule has 0 saturated heterocycles. The van der Waals surface area contributed by atoms with E-state index in [-0.39, 0.29) is 5.54 Å². The zero-order valence-electron chi connectivity index (χ0n) is 13.7. The molecular weight excluding hydrogens is 258 g/mol. The van der Waals surface area contributed by atoms with Gasteiger partial charge in [0.25, 0.3) is 0 Å². The molecular formula is C19H31NO. The van der Waals surface area contributed by atoms with Crippen LogP contribution in [-0.2, 0) is 5.54 Å². The molecule has 0 aliphatic heterocycles. The molecule has 2 atom stereocenters. The lowest BCUT2D eigenvalue weighted by Gasteiger charge is -2.29. The van der Waals surface area contributed by atoms with E-state index in [1.807, 2.05) is 0 Å². The van der Waals surface area contributed by atoms with E-state index in [1.54, 1.807) is 0 Å². The van der Waals surface area contributed by atoms with Crippen LogP contribution in [0.1, 0.15) is 70.8 Å². The van der Waals surface area contributed by atoms with Crippen LogP contribution in [-0.4, -0.2) is 6.61 Å². The molecule has 0 radical (unpaired) electrons. The molecule has 2 rings (SSSR count). The van der Waals surface area contributed by atoms with E-state index in [0.717, 1.165) is 37.5 Å². The first kappa shape index (κ1) is 16.4. The molecule has 1 saturated carbocycles. The number of hydrogen-bond acceptors (Lipinski definition) is 2. The average Bonchev–Trinajstić information content (AvgIpc) is 2.69. The second-order valence-corrected chi connectivity index (χ2v) is 6.61. The Morgan fingerprint density at radius 2 is 1.86 bits per heavy atom. The summed E-state index contributed by atoms with van der Waals surface area (Å²) in [7, 11) is 0. The molecule has 2 nitrogen and oxygen atoms in total. The van der Waals surface area contributed by atoms with E-state index in [2.05, 4.69) is 38.1 Å². The maximum atomic E-state index is 6.75. The summed E-state index contributed by atoms with van der Waals surface area (Å²) in [5.74, 6) is 1.84. The summed E-state index contributed by atoms with van der Waals surface area (Å²) in [4.78, 5) is 0. The van der Waals surface area contributed by atoms with Crippen molar-refractivity contribution in [2.45, 2.75) is 70.8 Å². The van der Waals surface area contributed by atoms with Crippen LogP contribution in [0.2, 0.25) is 0 Å². The smallest absolute Gasteiger partial charge is 0.119 e. The third-order valence-corrected chi connectivity index (χ3v) is 4.83. The van der Waals surface area contributed by atoms with Gasteiger partial charge in [-0.3, -0.25) is 0 Å². The normalized spacial score (nSPS) is 26.3. The van der Waals surface area contributed by atoms with Crippen molar-refractivity contribution in [1.29, 1.82) is 0 Å². The minimum Gasteiger partial charge on any atom is -0.494 e. The second-order valence-electron chi connectivity index (χ2n) is 6.61. The lowest BCUT2D eigenvalue weighted by atomic mass is 9.83. The van der Waals surface area contributed by atoms with Gasteiger partial charge in [0.1, 0.15) is 5.75 Å². The van der Waals surface area contributed by atoms with E-state index in [1.165, 1.54) is 37.7 Å². The lowest BCUT2D eigenvalue weighted by Crippen LogP contribution is -2.36. The van der Waals surface area contributed by atoms with Gasteiger partial charge in [0.2, 0.25) is 0 Å². The molecule has 1 aliphatic carbocycles. The maximum Gasteiger partial charge on any atom is 0.119 e. The lowest BCUT2D eigenvalue weighted by molar-refractivity contribution is 0.316. The minimum absolute atomic E-state index is 0.133. The van der Waals surface area contributed by atoms with Crippen molar-refractivity contribution in [3.63, 3.8) is 0 Å². The van der Waals surface area contributed by atoms with Crippen LogP contribution < -0.4 is 10.5 Å². The van der Waals surface area contributed by atoms with Gasteiger partial charge < -0.3 is 10.5 Å². The standard InChI is InChI=1S/C19H31NO/c1-3-6-16-7-5-13-19(20,14-12-16)17-8-10-18(11-9-17)21-15-4-2/h8-11,16H,3-7,12-15,20H2,1-2H3. The molecule has 2 N–H and O–H groups in total. The molecule has 0 amide bonds. The Labute approximate surface area is 130 Å². The van der Waals surface area contributed by atoms with Crippen LogP contribution in [0, 0.1) is 5.92 Å². The predicted octanol–water partition coefficient (Wildman–Crippen LogP) is 5.01. The van der Waals surface area contributed by atoms with E-state index >= 15 is 0 Å². The summed E-state index contributed by atoms with van der Waals surface area (Å²) in [5, 5.41) is 0. The first-order chi connectivity index (χ1) is 10.2. The molecule has 1 aromatic rings. The minimum atomic E-state index is -0.133. The van der Waals surface area contributed by atoms with Crippen molar-refractivity contribution >= 4 is 0 Å². The topological polar surface area (TPSA) is 35.2 Å². The SMILES string of the molecule is CCCOc1ccc(C2(N)CCCC(CCC)CC2)cc1. The Morgan fingerprint density at radius 3 is 2.52 bits per heavy atom. The van der Waals surface area contributed by atoms with Crippen LogP contribution in [0.25, 0.3) is 0 Å². The molecule has 1 aliphatic rings. The summed E-state index contributed by atoms with van der Waals surface area (Å²) in [5.41, 5.74) is 7.90. The van der Waals surface area contributed by atoms with Crippen LogP contribution in [0.4, 0.5) is 0 Å². The molecule has 0 spiro atoms. The Hall–Kier alpha value is -1.02. The largest absolute Gasteiger partial charge is 0.494 e.